The largest absolute Gasteiger partial charge is 0.374 e. The molecule has 1 heterocycles. The molecule has 0 aromatic rings. The fourth-order valence-corrected chi connectivity index (χ4v) is 2.02. The summed E-state index contributed by atoms with van der Waals surface area (Å²) in [7, 11) is 2.13. The van der Waals surface area contributed by atoms with Gasteiger partial charge in [-0.1, -0.05) is 20.8 Å². The lowest BCUT2D eigenvalue weighted by Crippen LogP contribution is -2.53. The second-order valence-corrected chi connectivity index (χ2v) is 6.04. The van der Waals surface area contributed by atoms with Crippen LogP contribution in [0.3, 0.4) is 0 Å². The summed E-state index contributed by atoms with van der Waals surface area (Å²) >= 11 is 0. The minimum Gasteiger partial charge on any atom is -0.374 e. The molecule has 0 aliphatic carbocycles. The van der Waals surface area contributed by atoms with Gasteiger partial charge in [-0.3, -0.25) is 11.3 Å². The highest BCUT2D eigenvalue weighted by atomic mass is 16.5. The molecule has 1 aliphatic rings. The molecule has 0 saturated carbocycles. The van der Waals surface area contributed by atoms with Crippen LogP contribution >= 0.6 is 0 Å². The molecule has 1 rings (SSSR count). The van der Waals surface area contributed by atoms with E-state index in [0.29, 0.717) is 5.41 Å². The van der Waals surface area contributed by atoms with Crippen LogP contribution in [0.1, 0.15) is 33.6 Å². The minimum absolute atomic E-state index is 0.228. The summed E-state index contributed by atoms with van der Waals surface area (Å²) in [5.74, 6) is 5.63. The predicted molar refractivity (Wildman–Crippen MR) is 67.0 cm³/mol. The Morgan fingerprint density at radius 1 is 1.50 bits per heavy atom. The lowest BCUT2D eigenvalue weighted by atomic mass is 9.87. The van der Waals surface area contributed by atoms with Crippen molar-refractivity contribution in [1.29, 1.82) is 0 Å². The van der Waals surface area contributed by atoms with E-state index in [2.05, 4.69) is 38.1 Å². The number of likely N-dealkylation sites (N-methyl/N-ethyl adjacent to an activating group) is 1. The molecule has 1 fully saturated rings. The number of nitrogens with zero attached hydrogens (tertiary/aromatic N) is 1. The molecule has 0 amide bonds. The first-order valence-electron chi connectivity index (χ1n) is 6.18. The molecule has 0 bridgehead atoms. The average molecular weight is 229 g/mol. The van der Waals surface area contributed by atoms with E-state index in [1.165, 1.54) is 0 Å². The fraction of sp³-hybridized carbons (Fsp3) is 1.00. The third-order valence-corrected chi connectivity index (χ3v) is 3.16. The highest BCUT2D eigenvalue weighted by molar-refractivity contribution is 4.82. The Bertz CT molecular complexity index is 203. The van der Waals surface area contributed by atoms with Crippen LogP contribution in [0.5, 0.6) is 0 Å². The van der Waals surface area contributed by atoms with Gasteiger partial charge in [0.2, 0.25) is 0 Å². The molecule has 4 heteroatoms. The zero-order chi connectivity index (χ0) is 12.2. The third-order valence-electron chi connectivity index (χ3n) is 3.16. The number of nitrogens with one attached hydrogen (secondary N) is 1. The van der Waals surface area contributed by atoms with Crippen molar-refractivity contribution in [2.75, 3.05) is 26.7 Å². The van der Waals surface area contributed by atoms with Crippen molar-refractivity contribution in [3.63, 3.8) is 0 Å². The Morgan fingerprint density at radius 2 is 2.19 bits per heavy atom. The molecule has 1 aliphatic heterocycles. The molecule has 96 valence electrons. The first kappa shape index (κ1) is 13.9. The van der Waals surface area contributed by atoms with Crippen LogP contribution in [0.15, 0.2) is 0 Å². The maximum absolute atomic E-state index is 5.78. The first-order valence-corrected chi connectivity index (χ1v) is 6.18. The van der Waals surface area contributed by atoms with Gasteiger partial charge in [0.25, 0.3) is 0 Å². The smallest absolute Gasteiger partial charge is 0.0868 e. The summed E-state index contributed by atoms with van der Waals surface area (Å²) in [5.41, 5.74) is 3.27. The van der Waals surface area contributed by atoms with Gasteiger partial charge >= 0.3 is 0 Å². The van der Waals surface area contributed by atoms with Crippen molar-refractivity contribution in [3.8, 4) is 0 Å². The Labute approximate surface area is 99.5 Å². The van der Waals surface area contributed by atoms with Crippen LogP contribution in [0, 0.1) is 5.41 Å². The fourth-order valence-electron chi connectivity index (χ4n) is 2.02. The molecule has 3 N–H and O–H groups in total. The van der Waals surface area contributed by atoms with Crippen LogP contribution in [0.4, 0.5) is 0 Å². The zero-order valence-corrected chi connectivity index (χ0v) is 11.1. The Morgan fingerprint density at radius 3 is 2.69 bits per heavy atom. The van der Waals surface area contributed by atoms with Gasteiger partial charge < -0.3 is 9.64 Å². The number of ether oxygens (including phenoxy) is 1. The summed E-state index contributed by atoms with van der Waals surface area (Å²) in [6.45, 7) is 9.58. The molecule has 0 aromatic heterocycles. The van der Waals surface area contributed by atoms with Crippen LogP contribution < -0.4 is 11.3 Å². The van der Waals surface area contributed by atoms with E-state index in [9.17, 15) is 0 Å². The Hall–Kier alpha value is -0.160. The topological polar surface area (TPSA) is 50.5 Å². The van der Waals surface area contributed by atoms with E-state index in [4.69, 9.17) is 10.6 Å². The summed E-state index contributed by atoms with van der Waals surface area (Å²) in [6, 6.07) is 0.266. The van der Waals surface area contributed by atoms with E-state index in [1.807, 2.05) is 0 Å². The number of hydrogen-bond donors (Lipinski definition) is 2. The standard InChI is InChI=1S/C12H27N3O/c1-12(2,3)6-5-10(14-13)11-9-15(4)7-8-16-11/h10-11,14H,5-9,13H2,1-4H3. The molecule has 4 nitrogen and oxygen atoms in total. The molecule has 2 atom stereocenters. The van der Waals surface area contributed by atoms with Crippen molar-refractivity contribution >= 4 is 0 Å². The van der Waals surface area contributed by atoms with Gasteiger partial charge in [-0.05, 0) is 25.3 Å². The molecule has 16 heavy (non-hydrogen) atoms. The Balaban J connectivity index is 2.40. The number of hydrazine groups is 1. The van der Waals surface area contributed by atoms with Crippen LogP contribution in [-0.4, -0.2) is 43.8 Å². The van der Waals surface area contributed by atoms with Crippen LogP contribution in [-0.2, 0) is 4.74 Å². The van der Waals surface area contributed by atoms with Crippen molar-refractivity contribution in [1.82, 2.24) is 10.3 Å². The second kappa shape index (κ2) is 5.96. The van der Waals surface area contributed by atoms with E-state index in [-0.39, 0.29) is 12.1 Å². The summed E-state index contributed by atoms with van der Waals surface area (Å²) < 4.78 is 5.78. The van der Waals surface area contributed by atoms with Gasteiger partial charge in [0.1, 0.15) is 0 Å². The van der Waals surface area contributed by atoms with E-state index in [0.717, 1.165) is 32.5 Å². The van der Waals surface area contributed by atoms with Crippen molar-refractivity contribution in [3.05, 3.63) is 0 Å². The van der Waals surface area contributed by atoms with Gasteiger partial charge in [0.15, 0.2) is 0 Å². The third kappa shape index (κ3) is 4.78. The molecular weight excluding hydrogens is 202 g/mol. The number of hydrogen-bond acceptors (Lipinski definition) is 4. The van der Waals surface area contributed by atoms with Gasteiger partial charge in [-0.15, -0.1) is 0 Å². The van der Waals surface area contributed by atoms with E-state index >= 15 is 0 Å². The van der Waals surface area contributed by atoms with Crippen molar-refractivity contribution in [2.24, 2.45) is 11.3 Å². The molecule has 1 saturated heterocycles. The van der Waals surface area contributed by atoms with Gasteiger partial charge in [-0.25, -0.2) is 0 Å². The van der Waals surface area contributed by atoms with E-state index in [1.54, 1.807) is 0 Å². The maximum atomic E-state index is 5.78. The van der Waals surface area contributed by atoms with E-state index < -0.39 is 0 Å². The second-order valence-electron chi connectivity index (χ2n) is 6.04. The molecular formula is C12H27N3O. The average Bonchev–Trinajstić information content (AvgIpc) is 2.17. The van der Waals surface area contributed by atoms with Gasteiger partial charge in [-0.2, -0.15) is 0 Å². The molecule has 2 unspecified atom stereocenters. The highest BCUT2D eigenvalue weighted by Gasteiger charge is 2.27. The summed E-state index contributed by atoms with van der Waals surface area (Å²) in [5, 5.41) is 0. The normalized spacial score (nSPS) is 25.7. The SMILES string of the molecule is CN1CCOC(C(CCC(C)(C)C)NN)C1. The van der Waals surface area contributed by atoms with Crippen molar-refractivity contribution < 1.29 is 4.74 Å². The molecule has 0 radical (unpaired) electrons. The molecule has 0 aromatic carbocycles. The van der Waals surface area contributed by atoms with Gasteiger partial charge in [0.05, 0.1) is 12.7 Å². The number of nitrogens with two attached hydrogens (primary N) is 1. The minimum atomic E-state index is 0.228. The monoisotopic (exact) mass is 229 g/mol. The van der Waals surface area contributed by atoms with Crippen LogP contribution in [0.2, 0.25) is 0 Å². The first-order chi connectivity index (χ1) is 7.42. The van der Waals surface area contributed by atoms with Crippen molar-refractivity contribution in [2.45, 2.75) is 45.8 Å². The number of morpholine rings is 1. The lowest BCUT2D eigenvalue weighted by Gasteiger charge is -2.35. The van der Waals surface area contributed by atoms with Crippen LogP contribution in [0.25, 0.3) is 0 Å². The number of rotatable bonds is 4. The summed E-state index contributed by atoms with van der Waals surface area (Å²) in [6.07, 6.45) is 2.45. The maximum Gasteiger partial charge on any atom is 0.0868 e. The predicted octanol–water partition coefficient (Wildman–Crippen LogP) is 0.975. The van der Waals surface area contributed by atoms with Gasteiger partial charge in [0, 0.05) is 19.1 Å². The zero-order valence-electron chi connectivity index (χ0n) is 11.1. The highest BCUT2D eigenvalue weighted by Crippen LogP contribution is 2.23. The Kier molecular flexibility index (Phi) is 5.18. The lowest BCUT2D eigenvalue weighted by molar-refractivity contribution is -0.0413. The molecule has 0 spiro atoms. The summed E-state index contributed by atoms with van der Waals surface area (Å²) in [4.78, 5) is 2.30. The quantitative estimate of drug-likeness (QED) is 0.557.